The molecule has 0 spiro atoms. The van der Waals surface area contributed by atoms with E-state index in [-0.39, 0.29) is 6.04 Å². The minimum absolute atomic E-state index is 0.201. The molecule has 0 radical (unpaired) electrons. The lowest BCUT2D eigenvalue weighted by molar-refractivity contribution is 0.0659. The summed E-state index contributed by atoms with van der Waals surface area (Å²) in [4.78, 5) is 0. The third-order valence-electron chi connectivity index (χ3n) is 4.55. The second-order valence-corrected chi connectivity index (χ2v) is 7.12. The van der Waals surface area contributed by atoms with Gasteiger partial charge in [0.05, 0.1) is 11.6 Å². The molecule has 0 saturated carbocycles. The van der Waals surface area contributed by atoms with Crippen LogP contribution in [0.1, 0.15) is 23.6 Å². The molecule has 2 aliphatic rings. The quantitative estimate of drug-likeness (QED) is 0.912. The smallest absolute Gasteiger partial charge is 0.0869 e. The molecule has 0 unspecified atom stereocenters. The topological polar surface area (TPSA) is 32.3 Å². The first-order chi connectivity index (χ1) is 10.3. The average molecular weight is 297 g/mol. The Morgan fingerprint density at radius 1 is 1.05 bits per heavy atom. The molecule has 3 heteroatoms. The Bertz CT molecular complexity index is 618. The lowest BCUT2D eigenvalue weighted by Gasteiger charge is -2.25. The zero-order valence-electron chi connectivity index (χ0n) is 11.9. The molecule has 21 heavy (non-hydrogen) atoms. The van der Waals surface area contributed by atoms with E-state index in [0.717, 1.165) is 17.9 Å². The predicted octanol–water partition coefficient (Wildman–Crippen LogP) is 3.21. The number of rotatable bonds is 3. The maximum absolute atomic E-state index is 10.6. The predicted molar refractivity (Wildman–Crippen MR) is 88.6 cm³/mol. The van der Waals surface area contributed by atoms with Crippen molar-refractivity contribution >= 4 is 11.8 Å². The fourth-order valence-corrected chi connectivity index (χ4v) is 4.70. The zero-order chi connectivity index (χ0) is 14.3. The number of benzene rings is 2. The Kier molecular flexibility index (Phi) is 3.29. The Morgan fingerprint density at radius 2 is 1.67 bits per heavy atom. The van der Waals surface area contributed by atoms with Crippen molar-refractivity contribution in [2.75, 3.05) is 18.1 Å². The zero-order valence-corrected chi connectivity index (χ0v) is 12.7. The van der Waals surface area contributed by atoms with E-state index in [1.54, 1.807) is 0 Å². The number of nitrogens with one attached hydrogen (secondary N) is 1. The second kappa shape index (κ2) is 5.16. The summed E-state index contributed by atoms with van der Waals surface area (Å²) < 4.78 is 0. The Hall–Kier alpha value is -1.29. The lowest BCUT2D eigenvalue weighted by Crippen LogP contribution is -2.41. The van der Waals surface area contributed by atoms with E-state index >= 15 is 0 Å². The van der Waals surface area contributed by atoms with Gasteiger partial charge in [-0.2, -0.15) is 11.8 Å². The maximum atomic E-state index is 10.6. The van der Waals surface area contributed by atoms with Crippen LogP contribution < -0.4 is 5.32 Å². The van der Waals surface area contributed by atoms with Crippen LogP contribution in [0.15, 0.2) is 48.5 Å². The van der Waals surface area contributed by atoms with Crippen molar-refractivity contribution in [2.45, 2.75) is 18.1 Å². The van der Waals surface area contributed by atoms with Crippen LogP contribution >= 0.6 is 11.8 Å². The van der Waals surface area contributed by atoms with E-state index in [1.165, 1.54) is 22.3 Å². The molecule has 2 aromatic carbocycles. The standard InChI is InChI=1S/C18H19NOS/c20-18(9-10-21-12-18)11-19-17-15-7-3-1-5-13(15)14-6-2-4-8-16(14)17/h1-8,17,19-20H,9-12H2/t18-/m1/s1. The monoisotopic (exact) mass is 297 g/mol. The van der Waals surface area contributed by atoms with Crippen LogP contribution in [0.3, 0.4) is 0 Å². The van der Waals surface area contributed by atoms with Gasteiger partial charge in [0.25, 0.3) is 0 Å². The molecule has 1 heterocycles. The molecule has 2 N–H and O–H groups in total. The van der Waals surface area contributed by atoms with Crippen molar-refractivity contribution in [3.8, 4) is 11.1 Å². The summed E-state index contributed by atoms with van der Waals surface area (Å²) >= 11 is 1.84. The van der Waals surface area contributed by atoms with Gasteiger partial charge >= 0.3 is 0 Å². The van der Waals surface area contributed by atoms with Crippen molar-refractivity contribution in [3.05, 3.63) is 59.7 Å². The lowest BCUT2D eigenvalue weighted by atomic mass is 10.0. The SMILES string of the molecule is O[C@@]1(CNC2c3ccccc3-c3ccccc32)CCSC1. The highest BCUT2D eigenvalue weighted by Crippen LogP contribution is 2.43. The van der Waals surface area contributed by atoms with Gasteiger partial charge in [0.15, 0.2) is 0 Å². The number of hydrogen-bond acceptors (Lipinski definition) is 3. The normalized spacial score (nSPS) is 24.0. The third-order valence-corrected chi connectivity index (χ3v) is 5.79. The van der Waals surface area contributed by atoms with Crippen LogP contribution in [-0.2, 0) is 0 Å². The first kappa shape index (κ1) is 13.4. The first-order valence-electron chi connectivity index (χ1n) is 7.49. The first-order valence-corrected chi connectivity index (χ1v) is 8.64. The van der Waals surface area contributed by atoms with E-state index in [2.05, 4.69) is 53.8 Å². The van der Waals surface area contributed by atoms with E-state index < -0.39 is 5.60 Å². The summed E-state index contributed by atoms with van der Waals surface area (Å²) in [7, 11) is 0. The molecule has 0 amide bonds. The molecule has 1 aliphatic carbocycles. The van der Waals surface area contributed by atoms with Crippen molar-refractivity contribution < 1.29 is 5.11 Å². The fourth-order valence-electron chi connectivity index (χ4n) is 3.40. The Labute approximate surface area is 129 Å². The van der Waals surface area contributed by atoms with E-state index in [1.807, 2.05) is 11.8 Å². The number of fused-ring (bicyclic) bond motifs is 3. The summed E-state index contributed by atoms with van der Waals surface area (Å²) in [6.07, 6.45) is 0.890. The highest BCUT2D eigenvalue weighted by atomic mass is 32.2. The average Bonchev–Trinajstić information content (AvgIpc) is 3.08. The molecule has 1 aliphatic heterocycles. The summed E-state index contributed by atoms with van der Waals surface area (Å²) in [6, 6.07) is 17.4. The highest BCUT2D eigenvalue weighted by Gasteiger charge is 2.34. The van der Waals surface area contributed by atoms with Gasteiger partial charge in [-0.25, -0.2) is 0 Å². The molecule has 1 saturated heterocycles. The molecule has 0 bridgehead atoms. The summed E-state index contributed by atoms with van der Waals surface area (Å²) in [5, 5.41) is 14.2. The number of hydrogen-bond donors (Lipinski definition) is 2. The van der Waals surface area contributed by atoms with E-state index in [9.17, 15) is 5.11 Å². The minimum atomic E-state index is -0.544. The van der Waals surface area contributed by atoms with Gasteiger partial charge in [-0.1, -0.05) is 48.5 Å². The van der Waals surface area contributed by atoms with Gasteiger partial charge in [-0.3, -0.25) is 0 Å². The third kappa shape index (κ3) is 2.30. The second-order valence-electron chi connectivity index (χ2n) is 6.02. The minimum Gasteiger partial charge on any atom is -0.388 e. The molecular weight excluding hydrogens is 278 g/mol. The Morgan fingerprint density at radius 3 is 2.24 bits per heavy atom. The van der Waals surface area contributed by atoms with Gasteiger partial charge < -0.3 is 10.4 Å². The molecule has 2 aromatic rings. The van der Waals surface area contributed by atoms with Crippen LogP contribution in [0.4, 0.5) is 0 Å². The highest BCUT2D eigenvalue weighted by molar-refractivity contribution is 7.99. The van der Waals surface area contributed by atoms with Crippen molar-refractivity contribution in [2.24, 2.45) is 0 Å². The van der Waals surface area contributed by atoms with Crippen LogP contribution in [0.2, 0.25) is 0 Å². The van der Waals surface area contributed by atoms with Gasteiger partial charge in [0, 0.05) is 12.3 Å². The number of thioether (sulfide) groups is 1. The van der Waals surface area contributed by atoms with Gasteiger partial charge in [0.1, 0.15) is 0 Å². The van der Waals surface area contributed by atoms with Crippen molar-refractivity contribution in [1.29, 1.82) is 0 Å². The van der Waals surface area contributed by atoms with E-state index in [4.69, 9.17) is 0 Å². The summed E-state index contributed by atoms with van der Waals surface area (Å²) in [6.45, 7) is 0.660. The number of aliphatic hydroxyl groups is 1. The van der Waals surface area contributed by atoms with Crippen molar-refractivity contribution in [1.82, 2.24) is 5.32 Å². The summed E-state index contributed by atoms with van der Waals surface area (Å²) in [5.41, 5.74) is 4.75. The van der Waals surface area contributed by atoms with Gasteiger partial charge in [-0.05, 0) is 34.4 Å². The van der Waals surface area contributed by atoms with E-state index in [0.29, 0.717) is 6.54 Å². The molecule has 108 valence electrons. The molecule has 4 rings (SSSR count). The van der Waals surface area contributed by atoms with Crippen molar-refractivity contribution in [3.63, 3.8) is 0 Å². The Balaban J connectivity index is 1.65. The summed E-state index contributed by atoms with van der Waals surface area (Å²) in [5.74, 6) is 1.91. The molecule has 1 atom stereocenters. The van der Waals surface area contributed by atoms with Gasteiger partial charge in [-0.15, -0.1) is 0 Å². The largest absolute Gasteiger partial charge is 0.388 e. The van der Waals surface area contributed by atoms with Crippen LogP contribution in [0.5, 0.6) is 0 Å². The fraction of sp³-hybridized carbons (Fsp3) is 0.333. The molecule has 2 nitrogen and oxygen atoms in total. The maximum Gasteiger partial charge on any atom is 0.0869 e. The van der Waals surface area contributed by atoms with Crippen LogP contribution in [0.25, 0.3) is 11.1 Å². The van der Waals surface area contributed by atoms with Gasteiger partial charge in [0.2, 0.25) is 0 Å². The van der Waals surface area contributed by atoms with Crippen LogP contribution in [0, 0.1) is 0 Å². The molecule has 0 aromatic heterocycles. The van der Waals surface area contributed by atoms with Crippen LogP contribution in [-0.4, -0.2) is 28.8 Å². The molecular formula is C18H19NOS. The molecule has 1 fully saturated rings.